The molecule has 688 valence electrons. The van der Waals surface area contributed by atoms with Crippen LogP contribution in [0, 0.1) is 11.8 Å². The summed E-state index contributed by atoms with van der Waals surface area (Å²) in [6.07, 6.45) is 19.5. The Morgan fingerprint density at radius 3 is 1.19 bits per heavy atom. The molecule has 0 fully saturated rings. The van der Waals surface area contributed by atoms with Gasteiger partial charge < -0.3 is 95.3 Å². The minimum absolute atomic E-state index is 0.000115. The van der Waals surface area contributed by atoms with Crippen LogP contribution in [0.3, 0.4) is 0 Å². The SMILES string of the molecule is CCCCCCCCCCCCCCCC(=O)N[C@H](C(=O)N[C@@H](CCSC)C(=O)NCC(=O)N[C@@H](Cc1ccc(O)cc1)C(=O)N[C@@H](CCC(N)=O)C(=O)N[C@@H](CCCCC)C(=O)N[C@@H](CCCCC)C(=O)N[C@@H](CC(C)C)C(=O)N[C@@H](CCCC)C(=O)N[C@@H](CO)C(=O)N[C@@H](CCSC)C(=O)N[C@H](C(=O)N[C@@H](CC(=O)O)C(C)=O)[C@@H](C)O)C(C)C. The van der Waals surface area contributed by atoms with Crippen molar-refractivity contribution in [2.24, 2.45) is 17.6 Å². The third-order valence-corrected chi connectivity index (χ3v) is 21.7. The van der Waals surface area contributed by atoms with Crippen LogP contribution in [-0.4, -0.2) is 231 Å². The van der Waals surface area contributed by atoms with E-state index in [-0.39, 0.29) is 80.6 Å². The van der Waals surface area contributed by atoms with E-state index in [1.165, 1.54) is 99.2 Å². The second-order valence-electron chi connectivity index (χ2n) is 32.0. The molecular formula is C85H146N14O20S2. The fourth-order valence-electron chi connectivity index (χ4n) is 13.1. The number of rotatable bonds is 69. The average molecular weight is 1750 g/mol. The van der Waals surface area contributed by atoms with Gasteiger partial charge in [0.15, 0.2) is 5.78 Å². The van der Waals surface area contributed by atoms with Gasteiger partial charge in [0.2, 0.25) is 82.7 Å². The Morgan fingerprint density at radius 1 is 0.388 bits per heavy atom. The van der Waals surface area contributed by atoms with Crippen molar-refractivity contribution in [3.63, 3.8) is 0 Å². The number of aromatic hydroxyl groups is 1. The number of thioether (sulfide) groups is 2. The van der Waals surface area contributed by atoms with E-state index in [0.717, 1.165) is 39.5 Å². The fourth-order valence-corrected chi connectivity index (χ4v) is 14.1. The number of carbonyl (C=O) groups excluding carboxylic acids is 15. The topological polar surface area (TPSA) is 536 Å². The number of carboxylic acids is 1. The second kappa shape index (κ2) is 64.2. The van der Waals surface area contributed by atoms with Crippen LogP contribution in [0.4, 0.5) is 0 Å². The molecule has 0 saturated heterocycles. The van der Waals surface area contributed by atoms with Crippen LogP contribution in [0.1, 0.15) is 274 Å². The van der Waals surface area contributed by atoms with Gasteiger partial charge in [-0.2, -0.15) is 23.5 Å². The van der Waals surface area contributed by atoms with Gasteiger partial charge in [-0.3, -0.25) is 76.7 Å². The predicted octanol–water partition coefficient (Wildman–Crippen LogP) is 4.61. The molecule has 19 N–H and O–H groups in total. The molecule has 0 spiro atoms. The van der Waals surface area contributed by atoms with Crippen LogP contribution >= 0.6 is 23.5 Å². The molecule has 121 heavy (non-hydrogen) atoms. The number of amides is 14. The summed E-state index contributed by atoms with van der Waals surface area (Å²) in [4.78, 5) is 220. The number of aliphatic hydroxyl groups is 2. The van der Waals surface area contributed by atoms with Crippen molar-refractivity contribution in [3.05, 3.63) is 29.8 Å². The van der Waals surface area contributed by atoms with Gasteiger partial charge in [-0.1, -0.05) is 196 Å². The van der Waals surface area contributed by atoms with E-state index in [2.05, 4.69) is 76.0 Å². The van der Waals surface area contributed by atoms with Gasteiger partial charge in [0.25, 0.3) is 0 Å². The smallest absolute Gasteiger partial charge is 0.305 e. The minimum Gasteiger partial charge on any atom is -0.508 e. The molecule has 0 radical (unpaired) electrons. The van der Waals surface area contributed by atoms with Crippen LogP contribution in [0.2, 0.25) is 0 Å². The van der Waals surface area contributed by atoms with Crippen LogP contribution in [-0.2, 0) is 83.1 Å². The molecule has 36 heteroatoms. The van der Waals surface area contributed by atoms with Gasteiger partial charge in [0.05, 0.1) is 31.7 Å². The lowest BCUT2D eigenvalue weighted by molar-refractivity contribution is -0.141. The van der Waals surface area contributed by atoms with Gasteiger partial charge in [-0.05, 0) is 119 Å². The van der Waals surface area contributed by atoms with Crippen LogP contribution in [0.15, 0.2) is 24.3 Å². The Labute approximate surface area is 724 Å². The number of unbranched alkanes of at least 4 members (excludes halogenated alkanes) is 17. The lowest BCUT2D eigenvalue weighted by atomic mass is 10.00. The predicted molar refractivity (Wildman–Crippen MR) is 467 cm³/mol. The molecule has 34 nitrogen and oxygen atoms in total. The molecule has 0 bridgehead atoms. The molecule has 0 aliphatic heterocycles. The number of phenolic OH excluding ortho intramolecular Hbond substituents is 1. The van der Waals surface area contributed by atoms with Crippen molar-refractivity contribution in [2.75, 3.05) is 37.2 Å². The van der Waals surface area contributed by atoms with Gasteiger partial charge in [0.1, 0.15) is 72.2 Å². The number of ketones is 1. The second-order valence-corrected chi connectivity index (χ2v) is 34.0. The monoisotopic (exact) mass is 1750 g/mol. The quantitative estimate of drug-likeness (QED) is 0.0396. The Kier molecular flexibility index (Phi) is 58.5. The normalized spacial score (nSPS) is 14.5. The number of benzene rings is 1. The maximum absolute atomic E-state index is 14.8. The molecule has 0 heterocycles. The van der Waals surface area contributed by atoms with Gasteiger partial charge >= 0.3 is 5.97 Å². The zero-order chi connectivity index (χ0) is 90.9. The number of phenols is 1. The molecule has 1 rings (SSSR count). The van der Waals surface area contributed by atoms with Crippen molar-refractivity contribution in [2.45, 2.75) is 353 Å². The molecule has 0 aliphatic rings. The number of hydrogen-bond acceptors (Lipinski definition) is 21. The van der Waals surface area contributed by atoms with Crippen molar-refractivity contribution < 1.29 is 97.1 Å². The third-order valence-electron chi connectivity index (χ3n) is 20.4. The summed E-state index contributed by atoms with van der Waals surface area (Å²) in [5, 5.41) is 74.3. The average Bonchev–Trinajstić information content (AvgIpc) is 0.858. The zero-order valence-corrected chi connectivity index (χ0v) is 75.3. The van der Waals surface area contributed by atoms with Crippen LogP contribution in [0.5, 0.6) is 5.75 Å². The highest BCUT2D eigenvalue weighted by Gasteiger charge is 2.38. The number of primary amides is 1. The van der Waals surface area contributed by atoms with E-state index < -0.39 is 200 Å². The zero-order valence-electron chi connectivity index (χ0n) is 73.6. The van der Waals surface area contributed by atoms with Crippen molar-refractivity contribution in [3.8, 4) is 5.75 Å². The summed E-state index contributed by atoms with van der Waals surface area (Å²) in [7, 11) is 0. The Morgan fingerprint density at radius 2 is 0.760 bits per heavy atom. The first kappa shape index (κ1) is 110. The summed E-state index contributed by atoms with van der Waals surface area (Å²) in [5.41, 5.74) is 6.03. The van der Waals surface area contributed by atoms with Crippen LogP contribution < -0.4 is 74.9 Å². The number of carbonyl (C=O) groups is 16. The van der Waals surface area contributed by atoms with E-state index in [0.29, 0.717) is 69.1 Å². The largest absolute Gasteiger partial charge is 0.508 e. The molecule has 14 amide bonds. The van der Waals surface area contributed by atoms with Gasteiger partial charge in [-0.15, -0.1) is 0 Å². The molecule has 0 unspecified atom stereocenters. The first-order chi connectivity index (χ1) is 57.5. The lowest BCUT2D eigenvalue weighted by Gasteiger charge is -2.29. The summed E-state index contributed by atoms with van der Waals surface area (Å²) in [5.74, 6) is -14.0. The summed E-state index contributed by atoms with van der Waals surface area (Å²) >= 11 is 2.69. The lowest BCUT2D eigenvalue weighted by Crippen LogP contribution is -2.61. The first-order valence-corrected chi connectivity index (χ1v) is 46.3. The van der Waals surface area contributed by atoms with E-state index in [9.17, 15) is 97.1 Å². The summed E-state index contributed by atoms with van der Waals surface area (Å²) < 4.78 is 0. The van der Waals surface area contributed by atoms with Gasteiger partial charge in [-0.25, -0.2) is 0 Å². The molecule has 0 saturated carbocycles. The number of nitrogens with one attached hydrogen (secondary N) is 13. The fraction of sp³-hybridized carbons (Fsp3) is 0.741. The van der Waals surface area contributed by atoms with Crippen molar-refractivity contribution in [1.82, 2.24) is 69.1 Å². The number of hydrogen-bond donors (Lipinski definition) is 18. The number of Topliss-reactive ketones (excluding diaryl/α,β-unsaturated/α-hetero) is 1. The van der Waals surface area contributed by atoms with Crippen molar-refractivity contribution >= 4 is 118 Å². The molecule has 0 aliphatic carbocycles. The number of nitrogens with two attached hydrogens (primary N) is 1. The van der Waals surface area contributed by atoms with Gasteiger partial charge in [0, 0.05) is 19.3 Å². The molecule has 13 atom stereocenters. The highest BCUT2D eigenvalue weighted by molar-refractivity contribution is 7.98. The molecule has 0 aromatic heterocycles. The molecule has 1 aromatic carbocycles. The number of carboxylic acid groups (broad SMARTS) is 1. The van der Waals surface area contributed by atoms with E-state index in [1.54, 1.807) is 34.0 Å². The first-order valence-electron chi connectivity index (χ1n) is 43.5. The van der Waals surface area contributed by atoms with Crippen molar-refractivity contribution in [1.29, 1.82) is 0 Å². The number of aliphatic carboxylic acids is 1. The van der Waals surface area contributed by atoms with E-state index >= 15 is 0 Å². The van der Waals surface area contributed by atoms with E-state index in [4.69, 9.17) is 5.73 Å². The summed E-state index contributed by atoms with van der Waals surface area (Å²) in [6, 6.07) is -11.4. The minimum atomic E-state index is -1.74. The highest BCUT2D eigenvalue weighted by Crippen LogP contribution is 2.19. The Hall–Kier alpha value is -8.64. The number of aliphatic hydroxyl groups excluding tert-OH is 2. The maximum Gasteiger partial charge on any atom is 0.305 e. The Balaban J connectivity index is 3.55. The Bertz CT molecular complexity index is 3360. The maximum atomic E-state index is 14.8. The summed E-state index contributed by atoms with van der Waals surface area (Å²) in [6.45, 7) is 15.4. The highest BCUT2D eigenvalue weighted by atomic mass is 32.2. The molecule has 1 aromatic rings. The third kappa shape index (κ3) is 48.1. The standard InChI is InChI=1S/C85H146N14O20S2/c1-13-17-21-22-23-24-25-26-27-28-29-30-33-37-70(105)98-73(54(7)8)84(118)94-63(44-46-120-11)75(109)87-51-71(106)88-67(49-57-38-40-58(103)41-39-57)82(116)92-62(42-43-69(86)104)79(113)90-60(35-31-18-14-2)76(110)89-61(36-32-19-15-3)77(111)96-66(48-53(5)6)81(115)91-59(34-20-16-4)78(112)97-68(52-100)83(117)93-64(45-47-121-12)80(114)99-74(56(10)102)85(119)95-65(55(9)101)50-72(107)108/h38-41,53-54,56,59-68,73-74,100,102-103H,13-37,42-52H2,1-12H3,(H2,86,104)(H,87,109)(H,88,106)(H,89,110)(H,90,113)(H,91,115)(H,92,116)(H,93,117)(H,94,118)(H,95,119)(H,96,111)(H,97,112)(H,98,105)(H,99,114)(H,107,108)/t56-,59+,60+,61+,62+,63+,64+,65+,66+,67+,68+,73+,74+/m1/s1. The van der Waals surface area contributed by atoms with Crippen LogP contribution in [0.25, 0.3) is 0 Å². The van der Waals surface area contributed by atoms with E-state index in [1.807, 2.05) is 27.0 Å². The molecular weight excluding hydrogens is 1600 g/mol.